The van der Waals surface area contributed by atoms with Crippen molar-refractivity contribution in [3.8, 4) is 0 Å². The number of carbonyl (C=O) groups is 1. The van der Waals surface area contributed by atoms with E-state index in [-0.39, 0.29) is 28.8 Å². The van der Waals surface area contributed by atoms with Gasteiger partial charge in [0.05, 0.1) is 16.7 Å². The predicted molar refractivity (Wildman–Crippen MR) is 90.6 cm³/mol. The van der Waals surface area contributed by atoms with Gasteiger partial charge in [-0.1, -0.05) is 17.7 Å². The Kier molecular flexibility index (Phi) is 4.59. The second-order valence-corrected chi connectivity index (χ2v) is 6.19. The van der Waals surface area contributed by atoms with Crippen molar-refractivity contribution in [1.29, 1.82) is 0 Å². The molecule has 0 unspecified atom stereocenters. The van der Waals surface area contributed by atoms with Crippen LogP contribution in [0.5, 0.6) is 0 Å². The molecule has 0 bridgehead atoms. The second-order valence-electron chi connectivity index (χ2n) is 5.78. The Bertz CT molecular complexity index is 1010. The molecule has 2 heterocycles. The summed E-state index contributed by atoms with van der Waals surface area (Å²) in [5.74, 6) is -1.29. The molecule has 0 saturated carbocycles. The number of H-pyrrole nitrogens is 1. The minimum atomic E-state index is -0.694. The largest absolute Gasteiger partial charge is 0.458 e. The third-order valence-electron chi connectivity index (χ3n) is 3.54. The molecule has 0 aliphatic carbocycles. The quantitative estimate of drug-likeness (QED) is 0.723. The Balaban J connectivity index is 2.13. The first-order valence-corrected chi connectivity index (χ1v) is 7.98. The van der Waals surface area contributed by atoms with E-state index in [9.17, 15) is 14.0 Å². The SMILES string of the molecule is CC(C)OC(=O)c1nc2cc[nH]n2c(=O)c1Cc1ccc(Cl)c(F)c1. The maximum atomic E-state index is 13.7. The topological polar surface area (TPSA) is 76.5 Å². The van der Waals surface area contributed by atoms with E-state index in [1.165, 1.54) is 22.8 Å². The summed E-state index contributed by atoms with van der Waals surface area (Å²) in [7, 11) is 0. The standard InChI is InChI=1S/C17H15ClFN3O3/c1-9(2)25-17(24)15-11(7-10-3-4-12(18)13(19)8-10)16(23)22-14(21-15)5-6-20-22/h3-6,8-9,20H,7H2,1-2H3. The molecule has 0 saturated heterocycles. The lowest BCUT2D eigenvalue weighted by Crippen LogP contribution is -2.26. The molecule has 0 aliphatic heterocycles. The molecule has 0 fully saturated rings. The molecular weight excluding hydrogens is 349 g/mol. The summed E-state index contributed by atoms with van der Waals surface area (Å²) in [5.41, 5.74) is 0.389. The van der Waals surface area contributed by atoms with Crippen LogP contribution in [0.1, 0.15) is 35.5 Å². The third kappa shape index (κ3) is 3.41. The first-order valence-electron chi connectivity index (χ1n) is 7.60. The number of aromatic amines is 1. The Hall–Kier alpha value is -2.67. The molecule has 8 heteroatoms. The van der Waals surface area contributed by atoms with E-state index < -0.39 is 17.3 Å². The normalized spacial score (nSPS) is 11.2. The Labute approximate surface area is 147 Å². The van der Waals surface area contributed by atoms with Crippen LogP contribution in [0.2, 0.25) is 5.02 Å². The number of nitrogens with zero attached hydrogens (tertiary/aromatic N) is 2. The number of hydrogen-bond donors (Lipinski definition) is 1. The van der Waals surface area contributed by atoms with Crippen LogP contribution in [0, 0.1) is 5.82 Å². The van der Waals surface area contributed by atoms with Crippen molar-refractivity contribution in [1.82, 2.24) is 14.6 Å². The molecule has 0 spiro atoms. The fourth-order valence-electron chi connectivity index (χ4n) is 2.45. The van der Waals surface area contributed by atoms with Gasteiger partial charge in [-0.05, 0) is 31.5 Å². The lowest BCUT2D eigenvalue weighted by molar-refractivity contribution is 0.0369. The van der Waals surface area contributed by atoms with E-state index in [0.29, 0.717) is 11.2 Å². The maximum absolute atomic E-state index is 13.7. The Morgan fingerprint density at radius 3 is 2.84 bits per heavy atom. The van der Waals surface area contributed by atoms with Crippen LogP contribution in [-0.4, -0.2) is 26.7 Å². The average Bonchev–Trinajstić information content (AvgIpc) is 3.01. The minimum Gasteiger partial charge on any atom is -0.458 e. The summed E-state index contributed by atoms with van der Waals surface area (Å²) in [4.78, 5) is 29.3. The highest BCUT2D eigenvalue weighted by Crippen LogP contribution is 2.18. The van der Waals surface area contributed by atoms with E-state index >= 15 is 0 Å². The van der Waals surface area contributed by atoms with Crippen LogP contribution in [0.25, 0.3) is 5.65 Å². The summed E-state index contributed by atoms with van der Waals surface area (Å²) in [5, 5.41) is 2.72. The van der Waals surface area contributed by atoms with Crippen molar-refractivity contribution in [2.24, 2.45) is 0 Å². The van der Waals surface area contributed by atoms with E-state index in [1.54, 1.807) is 26.0 Å². The van der Waals surface area contributed by atoms with Crippen LogP contribution in [0.3, 0.4) is 0 Å². The van der Waals surface area contributed by atoms with E-state index in [1.807, 2.05) is 0 Å². The molecule has 1 aromatic carbocycles. The molecule has 0 radical (unpaired) electrons. The van der Waals surface area contributed by atoms with E-state index in [0.717, 1.165) is 0 Å². The number of esters is 1. The van der Waals surface area contributed by atoms with Crippen molar-refractivity contribution in [3.05, 3.63) is 68.5 Å². The number of nitrogens with one attached hydrogen (secondary N) is 1. The van der Waals surface area contributed by atoms with Gasteiger partial charge in [-0.2, -0.15) is 0 Å². The first kappa shape index (κ1) is 17.2. The molecule has 130 valence electrons. The number of carbonyl (C=O) groups excluding carboxylic acids is 1. The smallest absolute Gasteiger partial charge is 0.357 e. The second kappa shape index (κ2) is 6.68. The monoisotopic (exact) mass is 363 g/mol. The molecule has 0 aliphatic rings. The van der Waals surface area contributed by atoms with Gasteiger partial charge in [0.15, 0.2) is 11.3 Å². The molecule has 0 amide bonds. The predicted octanol–water partition coefficient (Wildman–Crippen LogP) is 2.97. The van der Waals surface area contributed by atoms with Gasteiger partial charge in [-0.25, -0.2) is 18.7 Å². The van der Waals surface area contributed by atoms with Gasteiger partial charge in [-0.3, -0.25) is 9.89 Å². The zero-order valence-corrected chi connectivity index (χ0v) is 14.3. The maximum Gasteiger partial charge on any atom is 0.357 e. The average molecular weight is 364 g/mol. The van der Waals surface area contributed by atoms with Crippen LogP contribution in [0.15, 0.2) is 35.3 Å². The highest BCUT2D eigenvalue weighted by molar-refractivity contribution is 6.30. The van der Waals surface area contributed by atoms with Gasteiger partial charge >= 0.3 is 5.97 Å². The van der Waals surface area contributed by atoms with Crippen molar-refractivity contribution >= 4 is 23.2 Å². The van der Waals surface area contributed by atoms with Crippen molar-refractivity contribution < 1.29 is 13.9 Å². The number of hydrogen-bond acceptors (Lipinski definition) is 4. The highest BCUT2D eigenvalue weighted by Gasteiger charge is 2.22. The molecule has 6 nitrogen and oxygen atoms in total. The van der Waals surface area contributed by atoms with Gasteiger partial charge in [0, 0.05) is 18.7 Å². The summed E-state index contributed by atoms with van der Waals surface area (Å²) in [6, 6.07) is 5.78. The van der Waals surface area contributed by atoms with Gasteiger partial charge < -0.3 is 4.74 Å². The number of rotatable bonds is 4. The number of ether oxygens (including phenoxy) is 1. The van der Waals surface area contributed by atoms with Crippen LogP contribution in [0.4, 0.5) is 4.39 Å². The molecule has 25 heavy (non-hydrogen) atoms. The minimum absolute atomic E-state index is 0.0159. The first-order chi connectivity index (χ1) is 11.9. The Morgan fingerprint density at radius 2 is 2.16 bits per heavy atom. The molecule has 3 aromatic rings. The third-order valence-corrected chi connectivity index (χ3v) is 3.85. The number of benzene rings is 1. The van der Waals surface area contributed by atoms with Crippen molar-refractivity contribution in [3.63, 3.8) is 0 Å². The molecule has 2 aromatic heterocycles. The lowest BCUT2D eigenvalue weighted by atomic mass is 10.0. The van der Waals surface area contributed by atoms with Gasteiger partial charge in [0.25, 0.3) is 5.56 Å². The molecular formula is C17H15ClFN3O3. The summed E-state index contributed by atoms with van der Waals surface area (Å²) >= 11 is 5.69. The number of halogens is 2. The summed E-state index contributed by atoms with van der Waals surface area (Å²) < 4.78 is 20.1. The number of aromatic nitrogens is 3. The van der Waals surface area contributed by atoms with Gasteiger partial charge in [-0.15, -0.1) is 0 Å². The summed E-state index contributed by atoms with van der Waals surface area (Å²) in [6.07, 6.45) is 1.19. The van der Waals surface area contributed by atoms with E-state index in [4.69, 9.17) is 16.3 Å². The Morgan fingerprint density at radius 1 is 1.40 bits per heavy atom. The molecule has 0 atom stereocenters. The summed E-state index contributed by atoms with van der Waals surface area (Å²) in [6.45, 7) is 3.40. The van der Waals surface area contributed by atoms with Gasteiger partial charge in [0.1, 0.15) is 5.82 Å². The zero-order chi connectivity index (χ0) is 18.1. The fourth-order valence-corrected chi connectivity index (χ4v) is 2.56. The van der Waals surface area contributed by atoms with Crippen LogP contribution < -0.4 is 5.56 Å². The lowest BCUT2D eigenvalue weighted by Gasteiger charge is -2.11. The van der Waals surface area contributed by atoms with Crippen molar-refractivity contribution in [2.75, 3.05) is 0 Å². The molecule has 3 rings (SSSR count). The van der Waals surface area contributed by atoms with Gasteiger partial charge in [0.2, 0.25) is 0 Å². The number of fused-ring (bicyclic) bond motifs is 1. The van der Waals surface area contributed by atoms with Crippen LogP contribution in [-0.2, 0) is 11.2 Å². The zero-order valence-electron chi connectivity index (χ0n) is 13.5. The van der Waals surface area contributed by atoms with E-state index in [2.05, 4.69) is 10.1 Å². The highest BCUT2D eigenvalue weighted by atomic mass is 35.5. The van der Waals surface area contributed by atoms with Crippen molar-refractivity contribution in [2.45, 2.75) is 26.4 Å². The molecule has 1 N–H and O–H groups in total. The van der Waals surface area contributed by atoms with Crippen LogP contribution >= 0.6 is 11.6 Å². The fraction of sp³-hybridized carbons (Fsp3) is 0.235.